The van der Waals surface area contributed by atoms with Gasteiger partial charge in [-0.3, -0.25) is 0 Å². The molecule has 1 aliphatic heterocycles. The summed E-state index contributed by atoms with van der Waals surface area (Å²) in [6.07, 6.45) is -1.15. The first-order valence-electron chi connectivity index (χ1n) is 6.65. The van der Waals surface area contributed by atoms with Crippen LogP contribution < -0.4 is 15.2 Å². The van der Waals surface area contributed by atoms with E-state index in [0.717, 1.165) is 12.1 Å². The van der Waals surface area contributed by atoms with Crippen molar-refractivity contribution in [2.45, 2.75) is 32.2 Å². The van der Waals surface area contributed by atoms with Crippen LogP contribution in [0.15, 0.2) is 12.1 Å². The fourth-order valence-corrected chi connectivity index (χ4v) is 2.11. The molecule has 1 aliphatic rings. The van der Waals surface area contributed by atoms with E-state index in [1.165, 1.54) is 7.11 Å². The Morgan fingerprint density at radius 2 is 2.09 bits per heavy atom. The first-order chi connectivity index (χ1) is 10.8. The molecular weight excluding hydrogens is 316 g/mol. The summed E-state index contributed by atoms with van der Waals surface area (Å²) in [4.78, 5) is 23.6. The van der Waals surface area contributed by atoms with Gasteiger partial charge in [0.25, 0.3) is 0 Å². The quantitative estimate of drug-likeness (QED) is 0.648. The van der Waals surface area contributed by atoms with Crippen molar-refractivity contribution in [3.05, 3.63) is 17.7 Å². The molecule has 2 atom stereocenters. The normalized spacial score (nSPS) is 20.3. The third kappa shape index (κ3) is 3.79. The number of halogens is 2. The van der Waals surface area contributed by atoms with Gasteiger partial charge in [0.05, 0.1) is 18.4 Å². The van der Waals surface area contributed by atoms with Gasteiger partial charge in [0.1, 0.15) is 6.10 Å². The van der Waals surface area contributed by atoms with Crippen LogP contribution in [0.4, 0.5) is 14.5 Å². The lowest BCUT2D eigenvalue weighted by molar-refractivity contribution is -0.147. The molecule has 0 amide bonds. The van der Waals surface area contributed by atoms with Crippen molar-refractivity contribution in [1.82, 2.24) is 0 Å². The summed E-state index contributed by atoms with van der Waals surface area (Å²) in [6, 6.07) is 2.14. The molecule has 1 fully saturated rings. The number of cyclic esters (lactones) is 1. The van der Waals surface area contributed by atoms with Gasteiger partial charge in [-0.15, -0.1) is 0 Å². The van der Waals surface area contributed by atoms with Crippen LogP contribution in [-0.2, 0) is 14.3 Å². The number of alkyl halides is 2. The number of rotatable bonds is 5. The molecule has 23 heavy (non-hydrogen) atoms. The number of nitrogens with two attached hydrogens (primary N) is 1. The van der Waals surface area contributed by atoms with Gasteiger partial charge in [-0.05, 0) is 6.92 Å². The molecule has 0 spiro atoms. The van der Waals surface area contributed by atoms with Crippen molar-refractivity contribution < 1.29 is 37.3 Å². The van der Waals surface area contributed by atoms with E-state index in [1.807, 2.05) is 0 Å². The van der Waals surface area contributed by atoms with Gasteiger partial charge < -0.3 is 24.7 Å². The number of carbonyl (C=O) groups excluding carboxylic acids is 2. The molecule has 0 saturated carbocycles. The van der Waals surface area contributed by atoms with Crippen LogP contribution in [0.2, 0.25) is 0 Å². The summed E-state index contributed by atoms with van der Waals surface area (Å²) in [7, 11) is 1.22. The molecule has 126 valence electrons. The van der Waals surface area contributed by atoms with Gasteiger partial charge in [0, 0.05) is 18.6 Å². The number of hydrogen-bond donors (Lipinski definition) is 1. The Bertz CT molecular complexity index is 622. The number of hydrogen-bond acceptors (Lipinski definition) is 7. The molecule has 7 nitrogen and oxygen atoms in total. The third-order valence-electron chi connectivity index (χ3n) is 3.15. The van der Waals surface area contributed by atoms with E-state index in [1.54, 1.807) is 6.92 Å². The van der Waals surface area contributed by atoms with Gasteiger partial charge in [-0.25, -0.2) is 9.59 Å². The van der Waals surface area contributed by atoms with E-state index in [2.05, 4.69) is 4.74 Å². The molecule has 1 aromatic carbocycles. The first kappa shape index (κ1) is 16.8. The predicted octanol–water partition coefficient (Wildman–Crippen LogP) is 1.74. The molecule has 2 rings (SSSR count). The van der Waals surface area contributed by atoms with Crippen molar-refractivity contribution >= 4 is 17.6 Å². The van der Waals surface area contributed by atoms with Gasteiger partial charge >= 0.3 is 18.6 Å². The molecule has 0 aliphatic carbocycles. The number of benzene rings is 1. The average Bonchev–Trinajstić information content (AvgIpc) is 2.76. The van der Waals surface area contributed by atoms with Crippen LogP contribution >= 0.6 is 0 Å². The smallest absolute Gasteiger partial charge is 0.387 e. The number of ether oxygens (including phenoxy) is 4. The highest BCUT2D eigenvalue weighted by Gasteiger charge is 2.35. The summed E-state index contributed by atoms with van der Waals surface area (Å²) < 4.78 is 43.7. The summed E-state index contributed by atoms with van der Waals surface area (Å²) >= 11 is 0. The van der Waals surface area contributed by atoms with Crippen LogP contribution in [0.1, 0.15) is 23.7 Å². The summed E-state index contributed by atoms with van der Waals surface area (Å²) in [5.74, 6) is -1.96. The molecule has 0 bridgehead atoms. The molecule has 0 unspecified atom stereocenters. The van der Waals surface area contributed by atoms with Crippen LogP contribution in [0.25, 0.3) is 0 Å². The Morgan fingerprint density at radius 3 is 2.61 bits per heavy atom. The number of nitrogen functional groups attached to an aromatic ring is 1. The second-order valence-electron chi connectivity index (χ2n) is 4.85. The maximum absolute atomic E-state index is 12.3. The molecule has 0 radical (unpaired) electrons. The van der Waals surface area contributed by atoms with Gasteiger partial charge in [-0.2, -0.15) is 8.78 Å². The fraction of sp³-hybridized carbons (Fsp3) is 0.429. The molecule has 1 heterocycles. The van der Waals surface area contributed by atoms with Gasteiger partial charge in [0.15, 0.2) is 11.5 Å². The van der Waals surface area contributed by atoms with Crippen LogP contribution in [0.3, 0.4) is 0 Å². The minimum atomic E-state index is -3.07. The van der Waals surface area contributed by atoms with Crippen molar-refractivity contribution in [1.29, 1.82) is 0 Å². The van der Waals surface area contributed by atoms with Gasteiger partial charge in [-0.1, -0.05) is 0 Å². The van der Waals surface area contributed by atoms with E-state index in [4.69, 9.17) is 19.9 Å². The largest absolute Gasteiger partial charge is 0.493 e. The lowest BCUT2D eigenvalue weighted by Crippen LogP contribution is -2.23. The molecule has 1 saturated heterocycles. The summed E-state index contributed by atoms with van der Waals surface area (Å²) in [5.41, 5.74) is 5.38. The standard InChI is InChI=1S/C14H15F2NO6/c1-6-3-11(13(19)21-6)22-12(18)7-4-9(20-2)10(5-8(7)17)23-14(15)16/h4-6,11,14H,3,17H2,1-2H3/t6-,11+/m0/s1. The Kier molecular flexibility index (Phi) is 4.87. The van der Waals surface area contributed by atoms with Crippen LogP contribution in [0, 0.1) is 0 Å². The van der Waals surface area contributed by atoms with Gasteiger partial charge in [0.2, 0.25) is 6.10 Å². The summed E-state index contributed by atoms with van der Waals surface area (Å²) in [6.45, 7) is -1.41. The highest BCUT2D eigenvalue weighted by atomic mass is 19.3. The average molecular weight is 331 g/mol. The lowest BCUT2D eigenvalue weighted by atomic mass is 10.1. The Balaban J connectivity index is 2.21. The molecular formula is C14H15F2NO6. The zero-order valence-electron chi connectivity index (χ0n) is 12.4. The zero-order chi connectivity index (χ0) is 17.1. The summed E-state index contributed by atoms with van der Waals surface area (Å²) in [5, 5.41) is 0. The number of methoxy groups -OCH3 is 1. The monoisotopic (exact) mass is 331 g/mol. The second kappa shape index (κ2) is 6.67. The molecule has 9 heteroatoms. The van der Waals surface area contributed by atoms with Crippen LogP contribution in [0.5, 0.6) is 11.5 Å². The van der Waals surface area contributed by atoms with Crippen molar-refractivity contribution in [3.8, 4) is 11.5 Å². The molecule has 0 aromatic heterocycles. The van der Waals surface area contributed by atoms with E-state index in [-0.39, 0.29) is 35.3 Å². The Hall–Kier alpha value is -2.58. The SMILES string of the molecule is COc1cc(C(=O)O[C@@H]2C[C@H](C)OC2=O)c(N)cc1OC(F)F. The fourth-order valence-electron chi connectivity index (χ4n) is 2.11. The van der Waals surface area contributed by atoms with E-state index in [0.29, 0.717) is 0 Å². The van der Waals surface area contributed by atoms with Crippen molar-refractivity contribution in [2.24, 2.45) is 0 Å². The minimum Gasteiger partial charge on any atom is -0.493 e. The molecule has 2 N–H and O–H groups in total. The second-order valence-corrected chi connectivity index (χ2v) is 4.85. The number of carbonyl (C=O) groups is 2. The number of anilines is 1. The Morgan fingerprint density at radius 1 is 1.39 bits per heavy atom. The van der Waals surface area contributed by atoms with Crippen molar-refractivity contribution in [2.75, 3.05) is 12.8 Å². The van der Waals surface area contributed by atoms with Crippen LogP contribution in [-0.4, -0.2) is 37.9 Å². The lowest BCUT2D eigenvalue weighted by Gasteiger charge is -2.14. The predicted molar refractivity (Wildman–Crippen MR) is 73.4 cm³/mol. The van der Waals surface area contributed by atoms with E-state index in [9.17, 15) is 18.4 Å². The van der Waals surface area contributed by atoms with E-state index >= 15 is 0 Å². The van der Waals surface area contributed by atoms with E-state index < -0.39 is 24.7 Å². The Labute approximate surface area is 130 Å². The number of esters is 2. The first-order valence-corrected chi connectivity index (χ1v) is 6.65. The third-order valence-corrected chi connectivity index (χ3v) is 3.15. The van der Waals surface area contributed by atoms with Crippen molar-refractivity contribution in [3.63, 3.8) is 0 Å². The highest BCUT2D eigenvalue weighted by molar-refractivity contribution is 5.97. The minimum absolute atomic E-state index is 0.117. The maximum Gasteiger partial charge on any atom is 0.387 e. The molecule has 1 aromatic rings. The topological polar surface area (TPSA) is 97.1 Å². The maximum atomic E-state index is 12.3. The zero-order valence-corrected chi connectivity index (χ0v) is 12.4. The highest BCUT2D eigenvalue weighted by Crippen LogP contribution is 2.34.